The van der Waals surface area contributed by atoms with E-state index in [1.807, 2.05) is 0 Å². The highest BCUT2D eigenvalue weighted by Gasteiger charge is 2.22. The van der Waals surface area contributed by atoms with Gasteiger partial charge in [0.05, 0.1) is 21.6 Å². The second kappa shape index (κ2) is 10.1. The summed E-state index contributed by atoms with van der Waals surface area (Å²) in [6.07, 6.45) is 1.07. The Morgan fingerprint density at radius 1 is 0.909 bits per heavy atom. The molecule has 33 heavy (non-hydrogen) atoms. The highest BCUT2D eigenvalue weighted by Crippen LogP contribution is 2.31. The van der Waals surface area contributed by atoms with Gasteiger partial charge in [-0.25, -0.2) is 10.2 Å². The highest BCUT2D eigenvalue weighted by atomic mass is 35.5. The first-order valence-corrected chi connectivity index (χ1v) is 9.47. The monoisotopic (exact) mass is 468 g/mol. The van der Waals surface area contributed by atoms with Gasteiger partial charge in [-0.1, -0.05) is 17.7 Å². The number of halogens is 1. The molecule has 0 atom stereocenters. The molecule has 0 spiro atoms. The molecule has 0 saturated carbocycles. The van der Waals surface area contributed by atoms with Gasteiger partial charge in [-0.15, -0.1) is 0 Å². The molecule has 0 unspecified atom stereocenters. The maximum atomic E-state index is 12.4. The van der Waals surface area contributed by atoms with Crippen molar-refractivity contribution in [1.29, 1.82) is 0 Å². The number of amides is 1. The zero-order valence-electron chi connectivity index (χ0n) is 16.5. The second-order valence-electron chi connectivity index (χ2n) is 6.35. The summed E-state index contributed by atoms with van der Waals surface area (Å²) in [6, 6.07) is 14.5. The molecule has 11 nitrogen and oxygen atoms in total. The van der Waals surface area contributed by atoms with Crippen LogP contribution in [-0.4, -0.2) is 27.9 Å². The predicted octanol–water partition coefficient (Wildman–Crippen LogP) is 4.14. The number of nitrogens with zero attached hydrogens (tertiary/aromatic N) is 3. The molecular formula is C21H13ClN4O7. The largest absolute Gasteiger partial charge is 0.415 e. The first-order valence-electron chi connectivity index (χ1n) is 9.09. The number of nitrogens with one attached hydrogen (secondary N) is 1. The van der Waals surface area contributed by atoms with Crippen LogP contribution in [0.4, 0.5) is 11.4 Å². The SMILES string of the molecule is O=C(N/N=C/c1cccc([N+](=O)[O-])c1OC(=O)c1ccc(Cl)cc1)c1ccc([N+](=O)[O-])cc1. The number of benzene rings is 3. The van der Waals surface area contributed by atoms with Crippen LogP contribution < -0.4 is 10.2 Å². The molecule has 0 aliphatic rings. The van der Waals surface area contributed by atoms with E-state index in [9.17, 15) is 29.8 Å². The van der Waals surface area contributed by atoms with Crippen LogP contribution in [0.15, 0.2) is 71.8 Å². The summed E-state index contributed by atoms with van der Waals surface area (Å²) in [4.78, 5) is 45.4. The molecule has 166 valence electrons. The summed E-state index contributed by atoms with van der Waals surface area (Å²) in [5.41, 5.74) is 1.81. The van der Waals surface area contributed by atoms with Gasteiger partial charge in [-0.05, 0) is 42.5 Å². The van der Waals surface area contributed by atoms with Crippen molar-refractivity contribution in [3.05, 3.63) is 109 Å². The summed E-state index contributed by atoms with van der Waals surface area (Å²) in [5, 5.41) is 26.2. The van der Waals surface area contributed by atoms with Crippen LogP contribution in [0, 0.1) is 20.2 Å². The van der Waals surface area contributed by atoms with E-state index < -0.39 is 27.4 Å². The molecule has 0 bridgehead atoms. The fraction of sp³-hybridized carbons (Fsp3) is 0. The van der Waals surface area contributed by atoms with Gasteiger partial charge < -0.3 is 4.74 Å². The molecule has 1 N–H and O–H groups in total. The number of carbonyl (C=O) groups excluding carboxylic acids is 2. The van der Waals surface area contributed by atoms with E-state index in [1.165, 1.54) is 48.5 Å². The number of nitro benzene ring substituents is 2. The van der Waals surface area contributed by atoms with Crippen LogP contribution in [0.1, 0.15) is 26.3 Å². The van der Waals surface area contributed by atoms with Crippen LogP contribution in [0.5, 0.6) is 5.75 Å². The normalized spacial score (nSPS) is 10.6. The second-order valence-corrected chi connectivity index (χ2v) is 6.79. The maximum absolute atomic E-state index is 12.4. The average molecular weight is 469 g/mol. The first-order chi connectivity index (χ1) is 15.8. The molecule has 12 heteroatoms. The number of esters is 1. The molecule has 3 aromatic carbocycles. The van der Waals surface area contributed by atoms with Gasteiger partial charge in [-0.2, -0.15) is 5.10 Å². The summed E-state index contributed by atoms with van der Waals surface area (Å²) in [6.45, 7) is 0. The number of hydrogen-bond acceptors (Lipinski definition) is 8. The van der Waals surface area contributed by atoms with E-state index in [1.54, 1.807) is 0 Å². The van der Waals surface area contributed by atoms with Crippen LogP contribution in [0.3, 0.4) is 0 Å². The molecule has 0 saturated heterocycles. The number of rotatable bonds is 7. The lowest BCUT2D eigenvalue weighted by atomic mass is 10.2. The van der Waals surface area contributed by atoms with E-state index >= 15 is 0 Å². The molecule has 0 aliphatic heterocycles. The number of hydrogen-bond donors (Lipinski definition) is 1. The minimum Gasteiger partial charge on any atom is -0.415 e. The Balaban J connectivity index is 1.81. The van der Waals surface area contributed by atoms with Crippen LogP contribution in [0.2, 0.25) is 5.02 Å². The Hall–Kier alpha value is -4.64. The molecule has 0 fully saturated rings. The predicted molar refractivity (Wildman–Crippen MR) is 118 cm³/mol. The molecule has 1 amide bonds. The first kappa shape index (κ1) is 23.0. The average Bonchev–Trinajstić information content (AvgIpc) is 2.80. The van der Waals surface area contributed by atoms with Crippen molar-refractivity contribution < 1.29 is 24.2 Å². The molecule has 0 aliphatic carbocycles. The number of non-ortho nitro benzene ring substituents is 1. The number of para-hydroxylation sites is 1. The Morgan fingerprint density at radius 2 is 1.55 bits per heavy atom. The standard InChI is InChI=1S/C21H13ClN4O7/c22-16-8-4-14(5-9-16)21(28)33-19-15(2-1-3-18(19)26(31)32)12-23-24-20(27)13-6-10-17(11-7-13)25(29)30/h1-12H,(H,24,27)/b23-12+. The van der Waals surface area contributed by atoms with Crippen molar-refractivity contribution in [3.63, 3.8) is 0 Å². The van der Waals surface area contributed by atoms with Gasteiger partial charge >= 0.3 is 11.7 Å². The van der Waals surface area contributed by atoms with E-state index in [-0.39, 0.29) is 28.1 Å². The zero-order valence-corrected chi connectivity index (χ0v) is 17.3. The third kappa shape index (κ3) is 5.74. The number of ether oxygens (including phenoxy) is 1. The third-order valence-corrected chi connectivity index (χ3v) is 4.46. The summed E-state index contributed by atoms with van der Waals surface area (Å²) in [7, 11) is 0. The summed E-state index contributed by atoms with van der Waals surface area (Å²) >= 11 is 5.79. The van der Waals surface area contributed by atoms with E-state index in [4.69, 9.17) is 16.3 Å². The summed E-state index contributed by atoms with van der Waals surface area (Å²) < 4.78 is 5.25. The van der Waals surface area contributed by atoms with Gasteiger partial charge in [0.15, 0.2) is 0 Å². The fourth-order valence-electron chi connectivity index (χ4n) is 2.60. The molecule has 0 heterocycles. The third-order valence-electron chi connectivity index (χ3n) is 4.21. The lowest BCUT2D eigenvalue weighted by Crippen LogP contribution is -2.17. The molecule has 0 aromatic heterocycles. The zero-order chi connectivity index (χ0) is 24.0. The van der Waals surface area contributed by atoms with Gasteiger partial charge in [0.1, 0.15) is 0 Å². The lowest BCUT2D eigenvalue weighted by Gasteiger charge is -2.08. The Morgan fingerprint density at radius 3 is 2.15 bits per heavy atom. The minimum absolute atomic E-state index is 0.0514. The maximum Gasteiger partial charge on any atom is 0.343 e. The summed E-state index contributed by atoms with van der Waals surface area (Å²) in [5.74, 6) is -1.90. The van der Waals surface area contributed by atoms with Gasteiger partial charge in [0.2, 0.25) is 5.75 Å². The Kier molecular flexibility index (Phi) is 7.06. The Bertz CT molecular complexity index is 1260. The highest BCUT2D eigenvalue weighted by molar-refractivity contribution is 6.30. The number of nitro groups is 2. The molecular weight excluding hydrogens is 456 g/mol. The van der Waals surface area contributed by atoms with Crippen molar-refractivity contribution in [3.8, 4) is 5.75 Å². The van der Waals surface area contributed by atoms with Crippen molar-refractivity contribution in [1.82, 2.24) is 5.43 Å². The number of carbonyl (C=O) groups is 2. The van der Waals surface area contributed by atoms with Crippen molar-refractivity contribution in [2.24, 2.45) is 5.10 Å². The van der Waals surface area contributed by atoms with Crippen LogP contribution >= 0.6 is 11.6 Å². The van der Waals surface area contributed by atoms with Crippen LogP contribution in [0.25, 0.3) is 0 Å². The smallest absolute Gasteiger partial charge is 0.343 e. The van der Waals surface area contributed by atoms with Gasteiger partial charge in [0.25, 0.3) is 11.6 Å². The van der Waals surface area contributed by atoms with E-state index in [0.29, 0.717) is 5.02 Å². The van der Waals surface area contributed by atoms with E-state index in [2.05, 4.69) is 10.5 Å². The quantitative estimate of drug-likeness (QED) is 0.179. The topological polar surface area (TPSA) is 154 Å². The minimum atomic E-state index is -0.856. The van der Waals surface area contributed by atoms with E-state index in [0.717, 1.165) is 24.4 Å². The van der Waals surface area contributed by atoms with Gasteiger partial charge in [-0.3, -0.25) is 25.0 Å². The van der Waals surface area contributed by atoms with Crippen LogP contribution in [-0.2, 0) is 0 Å². The molecule has 0 radical (unpaired) electrons. The van der Waals surface area contributed by atoms with Crippen molar-refractivity contribution >= 4 is 41.1 Å². The lowest BCUT2D eigenvalue weighted by molar-refractivity contribution is -0.385. The fourth-order valence-corrected chi connectivity index (χ4v) is 2.72. The van der Waals surface area contributed by atoms with Gasteiger partial charge in [0, 0.05) is 34.3 Å². The van der Waals surface area contributed by atoms with Crippen molar-refractivity contribution in [2.45, 2.75) is 0 Å². The Labute approximate surface area is 190 Å². The molecule has 3 rings (SSSR count). The van der Waals surface area contributed by atoms with Crippen molar-refractivity contribution in [2.75, 3.05) is 0 Å². The molecule has 3 aromatic rings. The number of hydrazone groups is 1.